The van der Waals surface area contributed by atoms with Crippen molar-refractivity contribution in [2.24, 2.45) is 5.10 Å². The first-order valence-corrected chi connectivity index (χ1v) is 15.3. The Bertz CT molecular complexity index is 1890. The molecule has 0 radical (unpaired) electrons. The summed E-state index contributed by atoms with van der Waals surface area (Å²) in [4.78, 5) is 12.8. The monoisotopic (exact) mass is 622 g/mol. The summed E-state index contributed by atoms with van der Waals surface area (Å²) >= 11 is 0. The van der Waals surface area contributed by atoms with Crippen molar-refractivity contribution in [3.8, 4) is 34.2 Å². The zero-order valence-electron chi connectivity index (χ0n) is 25.9. The smallest absolute Gasteiger partial charge is 0.280 e. The van der Waals surface area contributed by atoms with Crippen LogP contribution in [-0.4, -0.2) is 28.0 Å². The highest BCUT2D eigenvalue weighted by atomic mass is 16.5. The van der Waals surface area contributed by atoms with Crippen molar-refractivity contribution in [3.63, 3.8) is 0 Å². The van der Waals surface area contributed by atoms with Crippen molar-refractivity contribution in [1.29, 1.82) is 0 Å². The molecule has 0 bridgehead atoms. The molecule has 0 aliphatic rings. The number of nitrogens with one attached hydrogen (secondary N) is 1. The Kier molecular flexibility index (Phi) is 10.00. The molecule has 0 spiro atoms. The van der Waals surface area contributed by atoms with E-state index in [1.165, 1.54) is 0 Å². The standard InChI is InChI=1S/C39H34N4O4/c1-29(47-37-23-21-36(22-24-37)46-28-31-13-7-3-8-14-31)39(44)41-40-25-33-26-43(34-15-9-4-10-16-34)42-38(33)32-17-19-35(20-18-32)45-27-30-11-5-2-6-12-30/h2-26,29H,27-28H2,1H3,(H,41,44)/b40-25-/t29-/m0/s1. The van der Waals surface area contributed by atoms with Crippen molar-refractivity contribution in [2.75, 3.05) is 0 Å². The van der Waals surface area contributed by atoms with Gasteiger partial charge in [-0.25, -0.2) is 10.1 Å². The van der Waals surface area contributed by atoms with Crippen LogP contribution in [0.4, 0.5) is 0 Å². The minimum Gasteiger partial charge on any atom is -0.489 e. The predicted octanol–water partition coefficient (Wildman–Crippen LogP) is 7.61. The van der Waals surface area contributed by atoms with Crippen molar-refractivity contribution in [3.05, 3.63) is 162 Å². The first-order chi connectivity index (χ1) is 23.1. The van der Waals surface area contributed by atoms with E-state index < -0.39 is 6.10 Å². The molecule has 0 fully saturated rings. The third-order valence-electron chi connectivity index (χ3n) is 7.27. The maximum Gasteiger partial charge on any atom is 0.280 e. The zero-order chi connectivity index (χ0) is 32.3. The molecular formula is C39H34N4O4. The van der Waals surface area contributed by atoms with E-state index in [2.05, 4.69) is 10.5 Å². The van der Waals surface area contributed by atoms with Gasteiger partial charge < -0.3 is 14.2 Å². The zero-order valence-corrected chi connectivity index (χ0v) is 25.9. The maximum absolute atomic E-state index is 12.8. The van der Waals surface area contributed by atoms with Gasteiger partial charge in [-0.3, -0.25) is 4.79 Å². The van der Waals surface area contributed by atoms with Gasteiger partial charge >= 0.3 is 0 Å². The molecule has 1 heterocycles. The van der Waals surface area contributed by atoms with Crippen LogP contribution in [0.3, 0.4) is 0 Å². The van der Waals surface area contributed by atoms with Gasteiger partial charge in [-0.05, 0) is 78.7 Å². The van der Waals surface area contributed by atoms with Gasteiger partial charge in [-0.15, -0.1) is 0 Å². The van der Waals surface area contributed by atoms with E-state index in [0.717, 1.165) is 33.7 Å². The number of rotatable bonds is 13. The normalized spacial score (nSPS) is 11.6. The Morgan fingerprint density at radius 1 is 0.723 bits per heavy atom. The molecule has 1 atom stereocenters. The van der Waals surface area contributed by atoms with Crippen molar-refractivity contribution < 1.29 is 19.0 Å². The number of hydrogen-bond acceptors (Lipinski definition) is 6. The van der Waals surface area contributed by atoms with E-state index in [0.29, 0.717) is 30.4 Å². The van der Waals surface area contributed by atoms with Crippen LogP contribution in [0.1, 0.15) is 23.6 Å². The van der Waals surface area contributed by atoms with Gasteiger partial charge in [0.25, 0.3) is 5.91 Å². The van der Waals surface area contributed by atoms with E-state index in [1.807, 2.05) is 134 Å². The van der Waals surface area contributed by atoms with Gasteiger partial charge in [0.1, 0.15) is 36.2 Å². The molecule has 234 valence electrons. The van der Waals surface area contributed by atoms with Crippen molar-refractivity contribution in [2.45, 2.75) is 26.2 Å². The Morgan fingerprint density at radius 2 is 1.23 bits per heavy atom. The molecule has 8 nitrogen and oxygen atoms in total. The molecule has 0 aliphatic carbocycles. The average Bonchev–Trinajstić information content (AvgIpc) is 3.56. The fourth-order valence-corrected chi connectivity index (χ4v) is 4.74. The second kappa shape index (κ2) is 15.2. The molecule has 1 amide bonds. The number of benzene rings is 5. The predicted molar refractivity (Wildman–Crippen MR) is 183 cm³/mol. The van der Waals surface area contributed by atoms with Crippen molar-refractivity contribution in [1.82, 2.24) is 15.2 Å². The van der Waals surface area contributed by atoms with E-state index in [-0.39, 0.29) is 5.91 Å². The van der Waals surface area contributed by atoms with Crippen LogP contribution in [0, 0.1) is 0 Å². The first kappa shape index (κ1) is 30.9. The molecule has 5 aromatic carbocycles. The number of amides is 1. The summed E-state index contributed by atoms with van der Waals surface area (Å²) in [7, 11) is 0. The highest BCUT2D eigenvalue weighted by Gasteiger charge is 2.15. The second-order valence-electron chi connectivity index (χ2n) is 10.8. The van der Waals surface area contributed by atoms with E-state index in [1.54, 1.807) is 30.0 Å². The van der Waals surface area contributed by atoms with Crippen LogP contribution < -0.4 is 19.6 Å². The summed E-state index contributed by atoms with van der Waals surface area (Å²) in [6, 6.07) is 44.7. The SMILES string of the molecule is C[C@H](Oc1ccc(OCc2ccccc2)cc1)C(=O)N/N=C\c1cn(-c2ccccc2)nc1-c1ccc(OCc2ccccc2)cc1. The summed E-state index contributed by atoms with van der Waals surface area (Å²) < 4.78 is 19.4. The number of ether oxygens (including phenoxy) is 3. The number of aromatic nitrogens is 2. The Labute approximate surface area is 273 Å². The topological polar surface area (TPSA) is 87.0 Å². The van der Waals surface area contributed by atoms with Crippen LogP contribution in [0.2, 0.25) is 0 Å². The Morgan fingerprint density at radius 3 is 1.81 bits per heavy atom. The van der Waals surface area contributed by atoms with Crippen LogP contribution >= 0.6 is 0 Å². The first-order valence-electron chi connectivity index (χ1n) is 15.3. The third-order valence-corrected chi connectivity index (χ3v) is 7.27. The summed E-state index contributed by atoms with van der Waals surface area (Å²) in [5.74, 6) is 1.63. The molecule has 1 aromatic heterocycles. The lowest BCUT2D eigenvalue weighted by Crippen LogP contribution is -2.33. The third kappa shape index (κ3) is 8.52. The molecule has 1 N–H and O–H groups in total. The number of para-hydroxylation sites is 1. The molecule has 8 heteroatoms. The highest BCUT2D eigenvalue weighted by Crippen LogP contribution is 2.26. The number of carbonyl (C=O) groups excluding carboxylic acids is 1. The van der Waals surface area contributed by atoms with Crippen LogP contribution in [0.5, 0.6) is 17.2 Å². The highest BCUT2D eigenvalue weighted by molar-refractivity contribution is 5.90. The Hall–Kier alpha value is -6.15. The Balaban J connectivity index is 1.09. The summed E-state index contributed by atoms with van der Waals surface area (Å²) in [6.45, 7) is 2.63. The second-order valence-corrected chi connectivity index (χ2v) is 10.8. The van der Waals surface area contributed by atoms with E-state index in [9.17, 15) is 4.79 Å². The van der Waals surface area contributed by atoms with Gasteiger partial charge in [0.15, 0.2) is 6.10 Å². The molecule has 6 rings (SSSR count). The minimum absolute atomic E-state index is 0.387. The molecule has 0 aliphatic heterocycles. The number of hydrazone groups is 1. The summed E-state index contributed by atoms with van der Waals surface area (Å²) in [5, 5.41) is 9.08. The molecule has 0 unspecified atom stereocenters. The number of hydrogen-bond donors (Lipinski definition) is 1. The van der Waals surface area contributed by atoms with Crippen molar-refractivity contribution >= 4 is 12.1 Å². The average molecular weight is 623 g/mol. The maximum atomic E-state index is 12.8. The summed E-state index contributed by atoms with van der Waals surface area (Å²) in [5.41, 5.74) is 8.00. The van der Waals surface area contributed by atoms with E-state index in [4.69, 9.17) is 19.3 Å². The minimum atomic E-state index is -0.779. The molecule has 6 aromatic rings. The number of nitrogens with zero attached hydrogens (tertiary/aromatic N) is 3. The van der Waals surface area contributed by atoms with E-state index >= 15 is 0 Å². The van der Waals surface area contributed by atoms with Crippen LogP contribution in [-0.2, 0) is 18.0 Å². The van der Waals surface area contributed by atoms with Gasteiger partial charge in [0.05, 0.1) is 11.9 Å². The van der Waals surface area contributed by atoms with Gasteiger partial charge in [-0.2, -0.15) is 10.2 Å². The fraction of sp³-hybridized carbons (Fsp3) is 0.103. The van der Waals surface area contributed by atoms with Crippen LogP contribution in [0.15, 0.2) is 151 Å². The van der Waals surface area contributed by atoms with Gasteiger partial charge in [0.2, 0.25) is 0 Å². The van der Waals surface area contributed by atoms with Gasteiger partial charge in [-0.1, -0.05) is 78.9 Å². The quantitative estimate of drug-likeness (QED) is 0.106. The molecule has 47 heavy (non-hydrogen) atoms. The molecular weight excluding hydrogens is 588 g/mol. The molecule has 0 saturated carbocycles. The van der Waals surface area contributed by atoms with Crippen LogP contribution in [0.25, 0.3) is 16.9 Å². The molecule has 0 saturated heterocycles. The lowest BCUT2D eigenvalue weighted by atomic mass is 10.1. The fourth-order valence-electron chi connectivity index (χ4n) is 4.74. The largest absolute Gasteiger partial charge is 0.489 e. The lowest BCUT2D eigenvalue weighted by Gasteiger charge is -2.13. The summed E-state index contributed by atoms with van der Waals surface area (Å²) in [6.07, 6.45) is 2.69. The lowest BCUT2D eigenvalue weighted by molar-refractivity contribution is -0.127. The van der Waals surface area contributed by atoms with Gasteiger partial charge in [0, 0.05) is 17.3 Å². The number of carbonyl (C=O) groups is 1.